The van der Waals surface area contributed by atoms with Gasteiger partial charge >= 0.3 is 5.97 Å². The van der Waals surface area contributed by atoms with Crippen LogP contribution in [-0.4, -0.2) is 21.0 Å². The molecule has 20 heavy (non-hydrogen) atoms. The van der Waals surface area contributed by atoms with E-state index in [1.165, 1.54) is 0 Å². The Morgan fingerprint density at radius 3 is 2.70 bits per heavy atom. The number of benzene rings is 1. The molecule has 0 aliphatic heterocycles. The highest BCUT2D eigenvalue weighted by molar-refractivity contribution is 9.10. The molecule has 2 aromatic rings. The first-order valence-corrected chi connectivity index (χ1v) is 7.41. The molecule has 1 unspecified atom stereocenters. The molecule has 1 aromatic heterocycles. The monoisotopic (exact) mass is 338 g/mol. The number of nitrogens with one attached hydrogen (secondary N) is 1. The number of carboxylic acid groups (broad SMARTS) is 1. The second-order valence-corrected chi connectivity index (χ2v) is 6.77. The number of rotatable bonds is 4. The Hall–Kier alpha value is -1.36. The van der Waals surface area contributed by atoms with Crippen molar-refractivity contribution >= 4 is 32.9 Å². The lowest BCUT2D eigenvalue weighted by Crippen LogP contribution is -2.35. The van der Waals surface area contributed by atoms with Crippen LogP contribution in [0.3, 0.4) is 0 Å². The zero-order valence-corrected chi connectivity index (χ0v) is 13.7. The number of H-pyrrole nitrogens is 1. The smallest absolute Gasteiger partial charge is 0.310 e. The molecule has 1 atom stereocenters. The fourth-order valence-corrected chi connectivity index (χ4v) is 2.83. The molecular formula is C15H19BrN2O2. The van der Waals surface area contributed by atoms with Crippen molar-refractivity contribution in [2.45, 2.75) is 34.1 Å². The summed E-state index contributed by atoms with van der Waals surface area (Å²) in [5, 5.41) is 9.49. The SMILES string of the molecule is Cc1cc(Br)cc2[nH]c(CC(C)(C(=O)O)C(C)C)nc12. The first-order chi connectivity index (χ1) is 9.24. The van der Waals surface area contributed by atoms with Gasteiger partial charge in [0.15, 0.2) is 0 Å². The van der Waals surface area contributed by atoms with Crippen molar-refractivity contribution in [3.05, 3.63) is 28.0 Å². The van der Waals surface area contributed by atoms with Crippen molar-refractivity contribution in [2.75, 3.05) is 0 Å². The van der Waals surface area contributed by atoms with E-state index < -0.39 is 11.4 Å². The highest BCUT2D eigenvalue weighted by Crippen LogP contribution is 2.32. The summed E-state index contributed by atoms with van der Waals surface area (Å²) in [5.74, 6) is -0.0355. The number of hydrogen-bond acceptors (Lipinski definition) is 2. The summed E-state index contributed by atoms with van der Waals surface area (Å²) in [7, 11) is 0. The molecule has 0 aliphatic rings. The van der Waals surface area contributed by atoms with Crippen LogP contribution < -0.4 is 0 Å². The summed E-state index contributed by atoms with van der Waals surface area (Å²) >= 11 is 3.46. The third kappa shape index (κ3) is 2.59. The number of carbonyl (C=O) groups is 1. The summed E-state index contributed by atoms with van der Waals surface area (Å²) in [6.45, 7) is 7.63. The summed E-state index contributed by atoms with van der Waals surface area (Å²) in [4.78, 5) is 19.4. The molecule has 0 saturated heterocycles. The molecule has 1 heterocycles. The molecule has 0 bridgehead atoms. The number of aryl methyl sites for hydroxylation is 1. The quantitative estimate of drug-likeness (QED) is 0.887. The van der Waals surface area contributed by atoms with Crippen molar-refractivity contribution < 1.29 is 9.90 Å². The summed E-state index contributed by atoms with van der Waals surface area (Å²) in [6, 6.07) is 3.97. The Morgan fingerprint density at radius 1 is 1.50 bits per heavy atom. The molecule has 0 aliphatic carbocycles. The van der Waals surface area contributed by atoms with Gasteiger partial charge in [-0.1, -0.05) is 29.8 Å². The topological polar surface area (TPSA) is 66.0 Å². The summed E-state index contributed by atoms with van der Waals surface area (Å²) < 4.78 is 0.988. The average molecular weight is 339 g/mol. The Balaban J connectivity index is 2.44. The van der Waals surface area contributed by atoms with E-state index in [9.17, 15) is 9.90 Å². The Bertz CT molecular complexity index is 663. The average Bonchev–Trinajstić information content (AvgIpc) is 2.70. The van der Waals surface area contributed by atoms with E-state index in [1.54, 1.807) is 6.92 Å². The van der Waals surface area contributed by atoms with Crippen LogP contribution in [0.2, 0.25) is 0 Å². The van der Waals surface area contributed by atoms with Crippen LogP contribution in [0.1, 0.15) is 32.2 Å². The lowest BCUT2D eigenvalue weighted by molar-refractivity contribution is -0.150. The van der Waals surface area contributed by atoms with Gasteiger partial charge in [0.05, 0.1) is 16.4 Å². The van der Waals surface area contributed by atoms with Gasteiger partial charge in [0.25, 0.3) is 0 Å². The molecule has 5 heteroatoms. The standard InChI is InChI=1S/C15H19BrN2O2/c1-8(2)15(4,14(19)20)7-12-17-11-6-10(16)5-9(3)13(11)18-12/h5-6,8H,7H2,1-4H3,(H,17,18)(H,19,20). The molecule has 2 N–H and O–H groups in total. The van der Waals surface area contributed by atoms with Crippen LogP contribution in [0.15, 0.2) is 16.6 Å². The number of hydrogen-bond donors (Lipinski definition) is 2. The normalized spacial score (nSPS) is 14.7. The van der Waals surface area contributed by atoms with Gasteiger partial charge in [-0.05, 0) is 37.5 Å². The number of nitrogens with zero attached hydrogens (tertiary/aromatic N) is 1. The maximum atomic E-state index is 11.6. The second kappa shape index (κ2) is 5.20. The molecule has 108 valence electrons. The number of aliphatic carboxylic acids is 1. The number of halogens is 1. The van der Waals surface area contributed by atoms with Gasteiger partial charge in [-0.25, -0.2) is 4.98 Å². The van der Waals surface area contributed by atoms with E-state index in [2.05, 4.69) is 25.9 Å². The molecule has 0 fully saturated rings. The first kappa shape index (κ1) is 15.0. The number of imidazole rings is 1. The van der Waals surface area contributed by atoms with Gasteiger partial charge in [-0.15, -0.1) is 0 Å². The maximum absolute atomic E-state index is 11.6. The zero-order valence-electron chi connectivity index (χ0n) is 12.1. The van der Waals surface area contributed by atoms with Gasteiger partial charge in [0, 0.05) is 10.9 Å². The Morgan fingerprint density at radius 2 is 2.15 bits per heavy atom. The van der Waals surface area contributed by atoms with Crippen LogP contribution in [-0.2, 0) is 11.2 Å². The number of aromatic nitrogens is 2. The van der Waals surface area contributed by atoms with Crippen molar-refractivity contribution in [1.82, 2.24) is 9.97 Å². The minimum Gasteiger partial charge on any atom is -0.481 e. The van der Waals surface area contributed by atoms with Crippen molar-refractivity contribution in [3.8, 4) is 0 Å². The van der Waals surface area contributed by atoms with Crippen LogP contribution in [0.4, 0.5) is 0 Å². The van der Waals surface area contributed by atoms with Crippen LogP contribution in [0.25, 0.3) is 11.0 Å². The molecule has 0 saturated carbocycles. The molecule has 0 amide bonds. The minimum atomic E-state index is -0.820. The highest BCUT2D eigenvalue weighted by atomic mass is 79.9. The van der Waals surface area contributed by atoms with Crippen molar-refractivity contribution in [3.63, 3.8) is 0 Å². The highest BCUT2D eigenvalue weighted by Gasteiger charge is 2.37. The van der Waals surface area contributed by atoms with Crippen LogP contribution in [0.5, 0.6) is 0 Å². The largest absolute Gasteiger partial charge is 0.481 e. The molecule has 0 radical (unpaired) electrons. The summed E-state index contributed by atoms with van der Waals surface area (Å²) in [5.41, 5.74) is 2.08. The molecule has 2 rings (SSSR count). The predicted octanol–water partition coefficient (Wildman–Crippen LogP) is 3.92. The van der Waals surface area contributed by atoms with Crippen molar-refractivity contribution in [1.29, 1.82) is 0 Å². The maximum Gasteiger partial charge on any atom is 0.310 e. The van der Waals surface area contributed by atoms with Gasteiger partial charge in [0.2, 0.25) is 0 Å². The molecular weight excluding hydrogens is 320 g/mol. The van der Waals surface area contributed by atoms with Crippen molar-refractivity contribution in [2.24, 2.45) is 11.3 Å². The number of aromatic amines is 1. The summed E-state index contributed by atoms with van der Waals surface area (Å²) in [6.07, 6.45) is 0.395. The second-order valence-electron chi connectivity index (χ2n) is 5.86. The number of carboxylic acids is 1. The van der Waals surface area contributed by atoms with E-state index in [1.807, 2.05) is 32.9 Å². The zero-order chi connectivity index (χ0) is 15.1. The van der Waals surface area contributed by atoms with E-state index in [0.717, 1.165) is 26.9 Å². The third-order valence-electron chi connectivity index (χ3n) is 4.09. The van der Waals surface area contributed by atoms with E-state index in [0.29, 0.717) is 6.42 Å². The van der Waals surface area contributed by atoms with Gasteiger partial charge < -0.3 is 10.1 Å². The van der Waals surface area contributed by atoms with Gasteiger partial charge in [-0.2, -0.15) is 0 Å². The van der Waals surface area contributed by atoms with Crippen LogP contribution in [0, 0.1) is 18.3 Å². The third-order valence-corrected chi connectivity index (χ3v) is 4.55. The molecule has 0 spiro atoms. The molecule has 1 aromatic carbocycles. The van der Waals surface area contributed by atoms with Crippen LogP contribution >= 0.6 is 15.9 Å². The fourth-order valence-electron chi connectivity index (χ4n) is 2.26. The lowest BCUT2D eigenvalue weighted by Gasteiger charge is -2.27. The predicted molar refractivity (Wildman–Crippen MR) is 82.8 cm³/mol. The molecule has 4 nitrogen and oxygen atoms in total. The van der Waals surface area contributed by atoms with Gasteiger partial charge in [-0.3, -0.25) is 4.79 Å². The Labute approximate surface area is 126 Å². The fraction of sp³-hybridized carbons (Fsp3) is 0.467. The van der Waals surface area contributed by atoms with E-state index in [4.69, 9.17) is 0 Å². The lowest BCUT2D eigenvalue weighted by atomic mass is 9.76. The van der Waals surface area contributed by atoms with E-state index in [-0.39, 0.29) is 5.92 Å². The minimum absolute atomic E-state index is 0.0287. The first-order valence-electron chi connectivity index (χ1n) is 6.62. The number of fused-ring (bicyclic) bond motifs is 1. The van der Waals surface area contributed by atoms with Gasteiger partial charge in [0.1, 0.15) is 5.82 Å². The Kier molecular flexibility index (Phi) is 3.91. The van der Waals surface area contributed by atoms with E-state index >= 15 is 0 Å².